The lowest BCUT2D eigenvalue weighted by Crippen LogP contribution is -2.35. The molecule has 0 unspecified atom stereocenters. The molecule has 126 valence electrons. The van der Waals surface area contributed by atoms with Gasteiger partial charge in [-0.05, 0) is 52.7 Å². The summed E-state index contributed by atoms with van der Waals surface area (Å²) in [5, 5.41) is 7.31. The maximum absolute atomic E-state index is 13.0. The molecule has 0 spiro atoms. The molecule has 24 heavy (non-hydrogen) atoms. The molecule has 3 N–H and O–H groups in total. The van der Waals surface area contributed by atoms with Crippen LogP contribution in [0, 0.1) is 18.6 Å². The van der Waals surface area contributed by atoms with Gasteiger partial charge in [0.15, 0.2) is 11.6 Å². The second kappa shape index (κ2) is 7.87. The van der Waals surface area contributed by atoms with E-state index < -0.39 is 23.6 Å². The van der Waals surface area contributed by atoms with Crippen LogP contribution in [0.25, 0.3) is 0 Å². The Kier molecular flexibility index (Phi) is 5.86. The normalized spacial score (nSPS) is 10.2. The van der Waals surface area contributed by atoms with Gasteiger partial charge in [-0.25, -0.2) is 13.6 Å². The third-order valence-electron chi connectivity index (χ3n) is 2.99. The molecule has 0 heterocycles. The number of rotatable bonds is 4. The summed E-state index contributed by atoms with van der Waals surface area (Å²) in [6.07, 6.45) is 0. The average molecular weight is 398 g/mol. The van der Waals surface area contributed by atoms with Crippen molar-refractivity contribution in [3.63, 3.8) is 0 Å². The van der Waals surface area contributed by atoms with E-state index in [1.165, 1.54) is 6.07 Å². The van der Waals surface area contributed by atoms with Gasteiger partial charge in [0.1, 0.15) is 0 Å². The molecule has 0 aromatic heterocycles. The standard InChI is InChI=1S/C16H14BrF2N3O2/c1-9-2-5-14(11(17)6-9)22-16(24)20-8-15(23)21-10-3-4-12(18)13(19)7-10/h2-7H,8H2,1H3,(H,21,23)(H2,20,22,24). The summed E-state index contributed by atoms with van der Waals surface area (Å²) in [5.74, 6) is -2.64. The molecule has 0 bridgehead atoms. The number of hydrogen-bond acceptors (Lipinski definition) is 2. The summed E-state index contributed by atoms with van der Waals surface area (Å²) in [7, 11) is 0. The Hall–Kier alpha value is -2.48. The van der Waals surface area contributed by atoms with Crippen molar-refractivity contribution >= 4 is 39.2 Å². The molecule has 0 aliphatic carbocycles. The summed E-state index contributed by atoms with van der Waals surface area (Å²) in [4.78, 5) is 23.5. The quantitative estimate of drug-likeness (QED) is 0.734. The van der Waals surface area contributed by atoms with Gasteiger partial charge in [0, 0.05) is 16.2 Å². The average Bonchev–Trinajstić information content (AvgIpc) is 2.52. The van der Waals surface area contributed by atoms with E-state index in [-0.39, 0.29) is 12.2 Å². The zero-order valence-electron chi connectivity index (χ0n) is 12.6. The van der Waals surface area contributed by atoms with E-state index in [0.29, 0.717) is 10.2 Å². The lowest BCUT2D eigenvalue weighted by molar-refractivity contribution is -0.115. The van der Waals surface area contributed by atoms with Gasteiger partial charge in [-0.1, -0.05) is 6.07 Å². The third kappa shape index (κ3) is 5.02. The fraction of sp³-hybridized carbons (Fsp3) is 0.125. The molecule has 0 saturated carbocycles. The molecule has 0 radical (unpaired) electrons. The Bertz CT molecular complexity index is 784. The molecular formula is C16H14BrF2N3O2. The minimum Gasteiger partial charge on any atom is -0.329 e. The fourth-order valence-corrected chi connectivity index (χ4v) is 2.42. The highest BCUT2D eigenvalue weighted by Crippen LogP contribution is 2.23. The number of carbonyl (C=O) groups excluding carboxylic acids is 2. The predicted octanol–water partition coefficient (Wildman–Crippen LogP) is 3.80. The molecule has 2 aromatic carbocycles. The van der Waals surface area contributed by atoms with Crippen LogP contribution in [0.5, 0.6) is 0 Å². The monoisotopic (exact) mass is 397 g/mol. The SMILES string of the molecule is Cc1ccc(NC(=O)NCC(=O)Nc2ccc(F)c(F)c2)c(Br)c1. The molecule has 0 saturated heterocycles. The number of aryl methyl sites for hydroxylation is 1. The van der Waals surface area contributed by atoms with Gasteiger partial charge in [-0.2, -0.15) is 0 Å². The number of urea groups is 1. The number of carbonyl (C=O) groups is 2. The second-order valence-corrected chi connectivity index (χ2v) is 5.82. The maximum atomic E-state index is 13.0. The van der Waals surface area contributed by atoms with Crippen LogP contribution in [0.15, 0.2) is 40.9 Å². The first kappa shape index (κ1) is 17.9. The van der Waals surface area contributed by atoms with Crippen LogP contribution in [0.1, 0.15) is 5.56 Å². The molecule has 5 nitrogen and oxygen atoms in total. The molecule has 0 aliphatic heterocycles. The van der Waals surface area contributed by atoms with Gasteiger partial charge in [0.2, 0.25) is 5.91 Å². The van der Waals surface area contributed by atoms with Gasteiger partial charge < -0.3 is 16.0 Å². The third-order valence-corrected chi connectivity index (χ3v) is 3.64. The highest BCUT2D eigenvalue weighted by molar-refractivity contribution is 9.10. The van der Waals surface area contributed by atoms with Gasteiger partial charge in [0.25, 0.3) is 0 Å². The lowest BCUT2D eigenvalue weighted by Gasteiger charge is -2.10. The van der Waals surface area contributed by atoms with E-state index in [9.17, 15) is 18.4 Å². The Balaban J connectivity index is 1.84. The number of benzene rings is 2. The van der Waals surface area contributed by atoms with E-state index in [0.717, 1.165) is 17.7 Å². The molecule has 2 rings (SSSR count). The molecule has 8 heteroatoms. The van der Waals surface area contributed by atoms with E-state index in [1.54, 1.807) is 6.07 Å². The minimum absolute atomic E-state index is 0.0994. The smallest absolute Gasteiger partial charge is 0.319 e. The largest absolute Gasteiger partial charge is 0.329 e. The van der Waals surface area contributed by atoms with Crippen LogP contribution in [0.3, 0.4) is 0 Å². The number of hydrogen-bond donors (Lipinski definition) is 3. The van der Waals surface area contributed by atoms with Crippen molar-refractivity contribution in [2.75, 3.05) is 17.2 Å². The van der Waals surface area contributed by atoms with E-state index in [1.807, 2.05) is 19.1 Å². The van der Waals surface area contributed by atoms with Crippen molar-refractivity contribution in [2.45, 2.75) is 6.92 Å². The molecule has 0 atom stereocenters. The van der Waals surface area contributed by atoms with Crippen molar-refractivity contribution in [3.05, 3.63) is 58.1 Å². The zero-order valence-corrected chi connectivity index (χ0v) is 14.2. The predicted molar refractivity (Wildman–Crippen MR) is 90.9 cm³/mol. The van der Waals surface area contributed by atoms with Gasteiger partial charge in [0.05, 0.1) is 12.2 Å². The summed E-state index contributed by atoms with van der Waals surface area (Å²) < 4.78 is 26.6. The Labute approximate surface area is 145 Å². The Morgan fingerprint density at radius 2 is 1.79 bits per heavy atom. The number of amides is 3. The molecule has 0 aliphatic rings. The highest BCUT2D eigenvalue weighted by atomic mass is 79.9. The number of halogens is 3. The van der Waals surface area contributed by atoms with Crippen LogP contribution in [0.4, 0.5) is 25.0 Å². The fourth-order valence-electron chi connectivity index (χ4n) is 1.83. The van der Waals surface area contributed by atoms with Crippen molar-refractivity contribution in [2.24, 2.45) is 0 Å². The van der Waals surface area contributed by atoms with Crippen LogP contribution >= 0.6 is 15.9 Å². The number of anilines is 2. The first-order valence-electron chi connectivity index (χ1n) is 6.91. The molecule has 2 aromatic rings. The first-order chi connectivity index (χ1) is 11.3. The van der Waals surface area contributed by atoms with Crippen molar-refractivity contribution in [1.29, 1.82) is 0 Å². The summed E-state index contributed by atoms with van der Waals surface area (Å²) in [6, 6.07) is 7.80. The van der Waals surface area contributed by atoms with Crippen molar-refractivity contribution < 1.29 is 18.4 Å². The van der Waals surface area contributed by atoms with E-state index in [4.69, 9.17) is 0 Å². The van der Waals surface area contributed by atoms with Crippen LogP contribution in [-0.2, 0) is 4.79 Å². The second-order valence-electron chi connectivity index (χ2n) is 4.97. The molecular weight excluding hydrogens is 384 g/mol. The zero-order chi connectivity index (χ0) is 17.7. The Morgan fingerprint density at radius 1 is 1.04 bits per heavy atom. The summed E-state index contributed by atoms with van der Waals surface area (Å²) >= 11 is 3.32. The van der Waals surface area contributed by atoms with Gasteiger partial charge in [-0.3, -0.25) is 4.79 Å². The molecule has 0 fully saturated rings. The van der Waals surface area contributed by atoms with Gasteiger partial charge >= 0.3 is 6.03 Å². The van der Waals surface area contributed by atoms with Crippen LogP contribution < -0.4 is 16.0 Å². The van der Waals surface area contributed by atoms with E-state index >= 15 is 0 Å². The Morgan fingerprint density at radius 3 is 2.46 bits per heavy atom. The van der Waals surface area contributed by atoms with E-state index in [2.05, 4.69) is 31.9 Å². The van der Waals surface area contributed by atoms with Crippen molar-refractivity contribution in [1.82, 2.24) is 5.32 Å². The van der Waals surface area contributed by atoms with Gasteiger partial charge in [-0.15, -0.1) is 0 Å². The maximum Gasteiger partial charge on any atom is 0.319 e. The minimum atomic E-state index is -1.07. The summed E-state index contributed by atoms with van der Waals surface area (Å²) in [5.41, 5.74) is 1.68. The number of nitrogens with one attached hydrogen (secondary N) is 3. The van der Waals surface area contributed by atoms with Crippen LogP contribution in [-0.4, -0.2) is 18.5 Å². The van der Waals surface area contributed by atoms with Crippen LogP contribution in [0.2, 0.25) is 0 Å². The molecule has 3 amide bonds. The first-order valence-corrected chi connectivity index (χ1v) is 7.70. The lowest BCUT2D eigenvalue weighted by atomic mass is 10.2. The summed E-state index contributed by atoms with van der Waals surface area (Å²) in [6.45, 7) is 1.59. The highest BCUT2D eigenvalue weighted by Gasteiger charge is 2.09. The topological polar surface area (TPSA) is 70.2 Å². The van der Waals surface area contributed by atoms with Crippen molar-refractivity contribution in [3.8, 4) is 0 Å².